The van der Waals surface area contributed by atoms with E-state index >= 15 is 4.39 Å². The Morgan fingerprint density at radius 1 is 1.24 bits per heavy atom. The number of anilines is 1. The zero-order chi connectivity index (χ0) is 27.4. The number of imidazole rings is 1. The predicted molar refractivity (Wildman–Crippen MR) is 149 cm³/mol. The van der Waals surface area contributed by atoms with E-state index in [1.54, 1.807) is 19.2 Å². The Bertz CT molecular complexity index is 1490. The first-order valence-electron chi connectivity index (χ1n) is 12.8. The van der Waals surface area contributed by atoms with Crippen LogP contribution in [-0.4, -0.2) is 76.5 Å². The van der Waals surface area contributed by atoms with Crippen molar-refractivity contribution in [3.05, 3.63) is 30.0 Å². The highest BCUT2D eigenvalue weighted by Gasteiger charge is 2.30. The molecule has 3 heterocycles. The number of aromatic amines is 1. The van der Waals surface area contributed by atoms with Crippen LogP contribution in [-0.2, 0) is 6.54 Å². The first-order chi connectivity index (χ1) is 17.8. The maximum atomic E-state index is 15.2. The Morgan fingerprint density at radius 3 is 2.61 bits per heavy atom. The fourth-order valence-corrected chi connectivity index (χ4v) is 5.04. The van der Waals surface area contributed by atoms with E-state index in [4.69, 9.17) is 4.74 Å². The Balaban J connectivity index is 1.59. The Hall–Kier alpha value is -3.15. The summed E-state index contributed by atoms with van der Waals surface area (Å²) in [6.07, 6.45) is 2.02. The minimum absolute atomic E-state index is 0.0482. The number of benzene rings is 1. The molecule has 1 aliphatic rings. The van der Waals surface area contributed by atoms with Crippen LogP contribution in [0.2, 0.25) is 0 Å². The molecule has 0 saturated heterocycles. The maximum absolute atomic E-state index is 15.2. The first-order valence-corrected chi connectivity index (χ1v) is 12.8. The number of H-pyrrole nitrogens is 1. The summed E-state index contributed by atoms with van der Waals surface area (Å²) in [5, 5.41) is 13.6. The average Bonchev–Trinajstić information content (AvgIpc) is 3.36. The molecule has 14 heteroatoms. The summed E-state index contributed by atoms with van der Waals surface area (Å²) < 4.78 is 49.2. The first kappa shape index (κ1) is 26.5. The van der Waals surface area contributed by atoms with Gasteiger partial charge in [0.15, 0.2) is 5.82 Å². The van der Waals surface area contributed by atoms with Crippen molar-refractivity contribution in [1.29, 1.82) is 0 Å². The molecule has 4 aromatic rings. The molecule has 3 N–H and O–H groups in total. The summed E-state index contributed by atoms with van der Waals surface area (Å²) in [5.41, 5.74) is 1.23. The molecule has 1 fully saturated rings. The molecule has 0 unspecified atom stereocenters. The highest BCUT2D eigenvalue weighted by Crippen LogP contribution is 2.38. The van der Waals surface area contributed by atoms with Gasteiger partial charge in [-0.05, 0) is 57.2 Å². The summed E-state index contributed by atoms with van der Waals surface area (Å²) in [7, 11) is 5.71. The molecule has 5 rings (SSSR count). The fourth-order valence-electron chi connectivity index (χ4n) is 5.04. The topological polar surface area (TPSA) is 101 Å². The van der Waals surface area contributed by atoms with Gasteiger partial charge in [-0.2, -0.15) is 9.97 Å². The van der Waals surface area contributed by atoms with E-state index in [0.29, 0.717) is 52.7 Å². The lowest BCUT2D eigenvalue weighted by Crippen LogP contribution is -2.38. The largest absolute Gasteiger partial charge is 0.498 e. The molecule has 0 atom stereocenters. The molecule has 1 aliphatic carbocycles. The molecular formula is C24H30B3F3N6O2. The van der Waals surface area contributed by atoms with E-state index in [1.165, 1.54) is 10.6 Å². The van der Waals surface area contributed by atoms with Gasteiger partial charge in [-0.15, -0.1) is 0 Å². The number of ether oxygens (including phenoxy) is 1. The van der Waals surface area contributed by atoms with Crippen LogP contribution in [0.5, 0.6) is 5.88 Å². The molecule has 38 heavy (non-hydrogen) atoms. The molecular weight excluding hydrogens is 494 g/mol. The van der Waals surface area contributed by atoms with Crippen LogP contribution in [0.3, 0.4) is 0 Å². The summed E-state index contributed by atoms with van der Waals surface area (Å²) in [6.45, 7) is 2.86. The van der Waals surface area contributed by atoms with Crippen molar-refractivity contribution in [3.8, 4) is 17.0 Å². The molecule has 0 aliphatic heterocycles. The molecule has 1 aromatic carbocycles. The lowest BCUT2D eigenvalue weighted by Gasteiger charge is -2.33. The van der Waals surface area contributed by atoms with Crippen LogP contribution in [0.4, 0.5) is 19.1 Å². The summed E-state index contributed by atoms with van der Waals surface area (Å²) in [6, 6.07) is 3.11. The second-order valence-corrected chi connectivity index (χ2v) is 11.4. The normalized spacial score (nSPS) is 20.4. The molecule has 0 radical (unpaired) electrons. The smallest absolute Gasteiger partial charge is 0.256 e. The molecule has 1 saturated carbocycles. The van der Waals surface area contributed by atoms with Gasteiger partial charge in [-0.1, -0.05) is 0 Å². The van der Waals surface area contributed by atoms with Gasteiger partial charge in [-0.25, -0.2) is 18.2 Å². The Kier molecular flexibility index (Phi) is 6.65. The van der Waals surface area contributed by atoms with Crippen molar-refractivity contribution >= 4 is 51.6 Å². The quantitative estimate of drug-likeness (QED) is 0.319. The van der Waals surface area contributed by atoms with Gasteiger partial charge in [0.1, 0.15) is 40.5 Å². The Labute approximate surface area is 221 Å². The van der Waals surface area contributed by atoms with Crippen LogP contribution in [0.15, 0.2) is 18.3 Å². The lowest BCUT2D eigenvalue weighted by atomic mass is 9.52. The zero-order valence-corrected chi connectivity index (χ0v) is 22.2. The van der Waals surface area contributed by atoms with Crippen LogP contribution in [0, 0.1) is 12.7 Å². The number of fused-ring (bicyclic) bond motifs is 2. The number of aliphatic hydroxyl groups is 1. The van der Waals surface area contributed by atoms with Gasteiger partial charge < -0.3 is 24.7 Å². The van der Waals surface area contributed by atoms with Gasteiger partial charge in [0.2, 0.25) is 11.8 Å². The number of aryl methyl sites for hydroxylation is 1. The van der Waals surface area contributed by atoms with Crippen molar-refractivity contribution in [2.24, 2.45) is 0 Å². The SMILES string of the molecule is BC(B)(B)Oc1nc(N[C@H]2CC[C@](C)(O)CC2)nc2[nH]cc(-c3cc(F)c4nc(C)n(CC(F)F)c4c3)c12. The van der Waals surface area contributed by atoms with Crippen LogP contribution < -0.4 is 10.1 Å². The summed E-state index contributed by atoms with van der Waals surface area (Å²) >= 11 is 0. The van der Waals surface area contributed by atoms with Crippen LogP contribution in [0.25, 0.3) is 33.2 Å². The second-order valence-electron chi connectivity index (χ2n) is 11.4. The highest BCUT2D eigenvalue weighted by molar-refractivity contribution is 6.58. The van der Waals surface area contributed by atoms with Gasteiger partial charge in [0.05, 0.1) is 23.0 Å². The molecule has 0 bridgehead atoms. The Morgan fingerprint density at radius 2 is 1.95 bits per heavy atom. The minimum atomic E-state index is -2.60. The second kappa shape index (κ2) is 9.55. The maximum Gasteiger partial charge on any atom is 0.256 e. The van der Waals surface area contributed by atoms with E-state index in [9.17, 15) is 13.9 Å². The molecule has 8 nitrogen and oxygen atoms in total. The van der Waals surface area contributed by atoms with Crippen LogP contribution >= 0.6 is 0 Å². The van der Waals surface area contributed by atoms with E-state index < -0.39 is 29.7 Å². The summed E-state index contributed by atoms with van der Waals surface area (Å²) in [4.78, 5) is 16.7. The minimum Gasteiger partial charge on any atom is -0.498 e. The monoisotopic (exact) mass is 524 g/mol. The van der Waals surface area contributed by atoms with E-state index in [-0.39, 0.29) is 17.1 Å². The van der Waals surface area contributed by atoms with E-state index in [0.717, 1.165) is 12.8 Å². The van der Waals surface area contributed by atoms with Crippen molar-refractivity contribution < 1.29 is 23.0 Å². The number of hydrogen-bond donors (Lipinski definition) is 3. The number of alkyl halides is 2. The third-order valence-corrected chi connectivity index (χ3v) is 6.93. The summed E-state index contributed by atoms with van der Waals surface area (Å²) in [5.74, 6) is 0.426. The van der Waals surface area contributed by atoms with Crippen molar-refractivity contribution in [1.82, 2.24) is 24.5 Å². The zero-order valence-electron chi connectivity index (χ0n) is 22.2. The number of nitrogens with zero attached hydrogens (tertiary/aromatic N) is 4. The van der Waals surface area contributed by atoms with Crippen molar-refractivity contribution in [2.75, 3.05) is 5.32 Å². The van der Waals surface area contributed by atoms with Gasteiger partial charge >= 0.3 is 0 Å². The third-order valence-electron chi connectivity index (χ3n) is 6.93. The predicted octanol–water partition coefficient (Wildman–Crippen LogP) is 1.68. The average molecular weight is 524 g/mol. The highest BCUT2D eigenvalue weighted by atomic mass is 19.3. The van der Waals surface area contributed by atoms with E-state index in [1.807, 2.05) is 30.5 Å². The van der Waals surface area contributed by atoms with Crippen LogP contribution in [0.1, 0.15) is 38.4 Å². The molecule has 0 spiro atoms. The molecule has 198 valence electrons. The van der Waals surface area contributed by atoms with Gasteiger partial charge in [-0.3, -0.25) is 0 Å². The standard InChI is InChI=1S/C24H30B3F3N6O2/c1-11-32-19-15(28)7-12(8-16(19)36(11)10-17(29)30)14-9-31-20-18(14)21(38-24(25,26)27)35-22(34-20)33-13-3-5-23(2,37)6-4-13/h7-9,13,17,37H,3-6,10,25-27H2,1-2H3,(H2,31,33,34,35)/t13-,23-. The van der Waals surface area contributed by atoms with Crippen molar-refractivity contribution in [2.45, 2.75) is 69.4 Å². The van der Waals surface area contributed by atoms with Crippen molar-refractivity contribution in [3.63, 3.8) is 0 Å². The molecule has 0 amide bonds. The number of rotatable bonds is 7. The van der Waals surface area contributed by atoms with Gasteiger partial charge in [0, 0.05) is 23.1 Å². The van der Waals surface area contributed by atoms with Gasteiger partial charge in [0.25, 0.3) is 6.43 Å². The lowest BCUT2D eigenvalue weighted by molar-refractivity contribution is 0.0195. The number of aromatic nitrogens is 5. The molecule has 3 aromatic heterocycles. The van der Waals surface area contributed by atoms with E-state index in [2.05, 4.69) is 25.3 Å². The third kappa shape index (κ3) is 5.36. The number of halogens is 3. The number of hydrogen-bond acceptors (Lipinski definition) is 6. The fraction of sp³-hybridized carbons (Fsp3) is 0.458. The number of nitrogens with one attached hydrogen (secondary N) is 2.